The average molecular weight is 269 g/mol. The highest BCUT2D eigenvalue weighted by molar-refractivity contribution is 5.63. The van der Waals surface area contributed by atoms with E-state index in [1.165, 1.54) is 5.56 Å². The standard InChI is InChI=1S/C17H16FNO/c18-16(13-4-5-15-12(10-13)7-9-20-15)14-3-1-2-11-6-8-19-17(11)14/h1-5,10,16,19H,6-9H2. The zero-order valence-corrected chi connectivity index (χ0v) is 11.2. The second kappa shape index (κ2) is 4.51. The van der Waals surface area contributed by atoms with Crippen molar-refractivity contribution < 1.29 is 9.13 Å². The molecule has 0 aliphatic carbocycles. The fraction of sp³-hybridized carbons (Fsp3) is 0.294. The number of rotatable bonds is 2. The summed E-state index contributed by atoms with van der Waals surface area (Å²) in [5.41, 5.74) is 4.78. The summed E-state index contributed by atoms with van der Waals surface area (Å²) in [7, 11) is 0. The van der Waals surface area contributed by atoms with Crippen molar-refractivity contribution in [1.29, 1.82) is 0 Å². The van der Waals surface area contributed by atoms with Crippen molar-refractivity contribution in [2.75, 3.05) is 18.5 Å². The Morgan fingerprint density at radius 2 is 2.05 bits per heavy atom. The van der Waals surface area contributed by atoms with Gasteiger partial charge in [-0.2, -0.15) is 0 Å². The molecule has 0 fully saturated rings. The number of hydrogen-bond donors (Lipinski definition) is 1. The molecule has 0 amide bonds. The van der Waals surface area contributed by atoms with Crippen molar-refractivity contribution in [3.63, 3.8) is 0 Å². The van der Waals surface area contributed by atoms with Crippen LogP contribution in [0, 0.1) is 0 Å². The van der Waals surface area contributed by atoms with Gasteiger partial charge in [0.1, 0.15) is 5.75 Å². The van der Waals surface area contributed by atoms with E-state index >= 15 is 0 Å². The number of benzene rings is 2. The molecule has 0 radical (unpaired) electrons. The smallest absolute Gasteiger partial charge is 0.152 e. The number of alkyl halides is 1. The lowest BCUT2D eigenvalue weighted by atomic mass is 9.97. The minimum atomic E-state index is -1.08. The molecule has 1 N–H and O–H groups in total. The molecule has 102 valence electrons. The maximum Gasteiger partial charge on any atom is 0.152 e. The number of para-hydroxylation sites is 1. The Balaban J connectivity index is 1.74. The van der Waals surface area contributed by atoms with Crippen LogP contribution in [0.2, 0.25) is 0 Å². The fourth-order valence-corrected chi connectivity index (χ4v) is 3.12. The highest BCUT2D eigenvalue weighted by Gasteiger charge is 2.23. The summed E-state index contributed by atoms with van der Waals surface area (Å²) in [6, 6.07) is 11.6. The van der Waals surface area contributed by atoms with Gasteiger partial charge in [0.25, 0.3) is 0 Å². The zero-order chi connectivity index (χ0) is 13.5. The number of fused-ring (bicyclic) bond motifs is 2. The Kier molecular flexibility index (Phi) is 2.66. The molecule has 2 nitrogen and oxygen atoms in total. The summed E-state index contributed by atoms with van der Waals surface area (Å²) in [6.07, 6.45) is 0.774. The third-order valence-corrected chi connectivity index (χ3v) is 4.16. The molecule has 2 aliphatic rings. The Hall–Kier alpha value is -2.03. The van der Waals surface area contributed by atoms with Crippen molar-refractivity contribution >= 4 is 5.69 Å². The minimum absolute atomic E-state index is 0.706. The molecule has 0 bridgehead atoms. The summed E-state index contributed by atoms with van der Waals surface area (Å²) in [6.45, 7) is 1.61. The van der Waals surface area contributed by atoms with E-state index in [1.54, 1.807) is 0 Å². The van der Waals surface area contributed by atoms with Gasteiger partial charge in [-0.3, -0.25) is 0 Å². The van der Waals surface area contributed by atoms with Gasteiger partial charge >= 0.3 is 0 Å². The molecule has 4 rings (SSSR count). The van der Waals surface area contributed by atoms with Crippen molar-refractivity contribution in [2.24, 2.45) is 0 Å². The lowest BCUT2D eigenvalue weighted by molar-refractivity contribution is 0.356. The van der Waals surface area contributed by atoms with Crippen LogP contribution >= 0.6 is 0 Å². The number of anilines is 1. The molecule has 0 saturated carbocycles. The number of hydrogen-bond acceptors (Lipinski definition) is 2. The topological polar surface area (TPSA) is 21.3 Å². The van der Waals surface area contributed by atoms with Gasteiger partial charge in [0.2, 0.25) is 0 Å². The molecule has 0 saturated heterocycles. The van der Waals surface area contributed by atoms with Gasteiger partial charge in [0, 0.05) is 24.2 Å². The molecule has 1 unspecified atom stereocenters. The maximum absolute atomic E-state index is 14.9. The summed E-state index contributed by atoms with van der Waals surface area (Å²) in [5, 5.41) is 3.31. The Bertz CT molecular complexity index is 668. The van der Waals surface area contributed by atoms with E-state index in [1.807, 2.05) is 30.3 Å². The van der Waals surface area contributed by atoms with E-state index in [9.17, 15) is 4.39 Å². The highest BCUT2D eigenvalue weighted by Crippen LogP contribution is 2.38. The summed E-state index contributed by atoms with van der Waals surface area (Å²) < 4.78 is 20.4. The first-order valence-electron chi connectivity index (χ1n) is 7.08. The van der Waals surface area contributed by atoms with Gasteiger partial charge in [-0.05, 0) is 35.2 Å². The Labute approximate surface area is 117 Å². The van der Waals surface area contributed by atoms with Crippen molar-refractivity contribution in [3.8, 4) is 5.75 Å². The predicted molar refractivity (Wildman–Crippen MR) is 77.2 cm³/mol. The number of ether oxygens (including phenoxy) is 1. The third kappa shape index (κ3) is 1.77. The quantitative estimate of drug-likeness (QED) is 0.898. The Morgan fingerprint density at radius 3 is 3.00 bits per heavy atom. The van der Waals surface area contributed by atoms with Gasteiger partial charge in [0.15, 0.2) is 6.17 Å². The first kappa shape index (κ1) is 11.8. The van der Waals surface area contributed by atoms with Crippen LogP contribution in [0.1, 0.15) is 28.4 Å². The molecule has 0 aromatic heterocycles. The fourth-order valence-electron chi connectivity index (χ4n) is 3.12. The molecule has 2 aromatic carbocycles. The third-order valence-electron chi connectivity index (χ3n) is 4.16. The van der Waals surface area contributed by atoms with Crippen molar-refractivity contribution in [1.82, 2.24) is 0 Å². The van der Waals surface area contributed by atoms with Crippen LogP contribution in [0.15, 0.2) is 36.4 Å². The monoisotopic (exact) mass is 269 g/mol. The molecule has 3 heteroatoms. The van der Waals surface area contributed by atoms with Gasteiger partial charge in [-0.1, -0.05) is 24.3 Å². The minimum Gasteiger partial charge on any atom is -0.493 e. The lowest BCUT2D eigenvalue weighted by Crippen LogP contribution is -2.00. The van der Waals surface area contributed by atoms with Crippen molar-refractivity contribution in [3.05, 3.63) is 58.7 Å². The van der Waals surface area contributed by atoms with Crippen LogP contribution in [-0.2, 0) is 12.8 Å². The summed E-state index contributed by atoms with van der Waals surface area (Å²) in [4.78, 5) is 0. The molecule has 2 aliphatic heterocycles. The SMILES string of the molecule is FC(c1ccc2c(c1)CCO2)c1cccc2c1NCC2. The lowest BCUT2D eigenvalue weighted by Gasteiger charge is -2.14. The number of nitrogens with one attached hydrogen (secondary N) is 1. The molecular weight excluding hydrogens is 253 g/mol. The highest BCUT2D eigenvalue weighted by atomic mass is 19.1. The van der Waals surface area contributed by atoms with Crippen LogP contribution in [0.25, 0.3) is 0 Å². The second-order valence-corrected chi connectivity index (χ2v) is 5.39. The van der Waals surface area contributed by atoms with E-state index in [0.29, 0.717) is 6.61 Å². The first-order valence-corrected chi connectivity index (χ1v) is 7.08. The van der Waals surface area contributed by atoms with Gasteiger partial charge in [-0.25, -0.2) is 4.39 Å². The Morgan fingerprint density at radius 1 is 1.10 bits per heavy atom. The largest absolute Gasteiger partial charge is 0.493 e. The molecular formula is C17H16FNO. The number of halogens is 1. The van der Waals surface area contributed by atoms with E-state index < -0.39 is 6.17 Å². The average Bonchev–Trinajstić information content (AvgIpc) is 3.13. The van der Waals surface area contributed by atoms with Gasteiger partial charge in [-0.15, -0.1) is 0 Å². The predicted octanol–water partition coefficient (Wildman–Crippen LogP) is 3.65. The van der Waals surface area contributed by atoms with Crippen LogP contribution in [-0.4, -0.2) is 13.2 Å². The molecule has 2 heterocycles. The van der Waals surface area contributed by atoms with Crippen molar-refractivity contribution in [2.45, 2.75) is 19.0 Å². The molecule has 0 spiro atoms. The second-order valence-electron chi connectivity index (χ2n) is 5.39. The zero-order valence-electron chi connectivity index (χ0n) is 11.2. The molecule has 1 atom stereocenters. The first-order chi connectivity index (χ1) is 9.83. The van der Waals surface area contributed by atoms with Crippen LogP contribution < -0.4 is 10.1 Å². The molecule has 20 heavy (non-hydrogen) atoms. The van der Waals surface area contributed by atoms with Gasteiger partial charge in [0.05, 0.1) is 6.61 Å². The van der Waals surface area contributed by atoms with Gasteiger partial charge < -0.3 is 10.1 Å². The molecule has 2 aromatic rings. The van der Waals surface area contributed by atoms with E-state index in [2.05, 4.69) is 11.4 Å². The summed E-state index contributed by atoms with van der Waals surface area (Å²) in [5.74, 6) is 0.900. The normalized spacial score (nSPS) is 17.1. The van der Waals surface area contributed by atoms with E-state index in [0.717, 1.165) is 47.5 Å². The van der Waals surface area contributed by atoms with E-state index in [4.69, 9.17) is 4.74 Å². The van der Waals surface area contributed by atoms with Crippen LogP contribution in [0.4, 0.5) is 10.1 Å². The maximum atomic E-state index is 14.9. The van der Waals surface area contributed by atoms with Crippen LogP contribution in [0.5, 0.6) is 5.75 Å². The van der Waals surface area contributed by atoms with Crippen LogP contribution in [0.3, 0.4) is 0 Å². The van der Waals surface area contributed by atoms with E-state index in [-0.39, 0.29) is 0 Å². The summed E-state index contributed by atoms with van der Waals surface area (Å²) >= 11 is 0.